The zero-order chi connectivity index (χ0) is 21.9. The third-order valence-corrected chi connectivity index (χ3v) is 5.76. The molecule has 3 N–H and O–H groups in total. The topological polar surface area (TPSA) is 106 Å². The third-order valence-electron chi connectivity index (χ3n) is 5.76. The van der Waals surface area contributed by atoms with Crippen LogP contribution in [0.25, 0.3) is 0 Å². The second kappa shape index (κ2) is 8.64. The highest BCUT2D eigenvalue weighted by Gasteiger charge is 2.33. The van der Waals surface area contributed by atoms with Gasteiger partial charge in [-0.05, 0) is 29.8 Å². The first kappa shape index (κ1) is 20.0. The molecule has 5 rings (SSSR count). The summed E-state index contributed by atoms with van der Waals surface area (Å²) in [7, 11) is 0. The van der Waals surface area contributed by atoms with Crippen molar-refractivity contribution in [2.24, 2.45) is 4.99 Å². The number of anilines is 2. The Hall–Kier alpha value is -3.98. The molecular weight excluding hydrogens is 406 g/mol. The maximum absolute atomic E-state index is 11.5. The molecule has 0 bridgehead atoms. The van der Waals surface area contributed by atoms with Crippen molar-refractivity contribution in [1.82, 2.24) is 20.4 Å². The third kappa shape index (κ3) is 3.97. The lowest BCUT2D eigenvalue weighted by atomic mass is 9.94. The average Bonchev–Trinajstić information content (AvgIpc) is 3.23. The highest BCUT2D eigenvalue weighted by atomic mass is 16.4. The summed E-state index contributed by atoms with van der Waals surface area (Å²) in [6.07, 6.45) is 5.85. The van der Waals surface area contributed by atoms with Crippen LogP contribution < -0.4 is 15.6 Å². The van der Waals surface area contributed by atoms with Crippen molar-refractivity contribution in [1.29, 1.82) is 0 Å². The number of hydrogen-bond donors (Lipinski definition) is 3. The number of aliphatic imine (C=N–C) groups is 1. The van der Waals surface area contributed by atoms with Crippen LogP contribution in [0, 0.1) is 0 Å². The number of pyridine rings is 2. The highest BCUT2D eigenvalue weighted by molar-refractivity contribution is 5.88. The van der Waals surface area contributed by atoms with Gasteiger partial charge in [0.2, 0.25) is 0 Å². The average molecular weight is 429 g/mol. The van der Waals surface area contributed by atoms with Gasteiger partial charge < -0.3 is 15.3 Å². The summed E-state index contributed by atoms with van der Waals surface area (Å²) in [6.45, 7) is 1.81. The molecule has 1 fully saturated rings. The second-order valence-corrected chi connectivity index (χ2v) is 7.67. The molecule has 162 valence electrons. The standard InChI is InChI=1S/C23H23N7O2/c31-23(32)28-30-13-12-29(21-6-1-2-9-25-21)15-20(30)17-4-3-5-18-19(17)14-26-22(18)27-16-7-10-24-11-8-16/h1-11,14,20,22,28H,12-13,15H2,(H,24,27)(H,31,32). The maximum Gasteiger partial charge on any atom is 0.419 e. The quantitative estimate of drug-likeness (QED) is 0.572. The van der Waals surface area contributed by atoms with E-state index in [1.807, 2.05) is 48.7 Å². The monoisotopic (exact) mass is 429 g/mol. The van der Waals surface area contributed by atoms with Gasteiger partial charge in [-0.1, -0.05) is 24.3 Å². The molecule has 3 aromatic rings. The summed E-state index contributed by atoms with van der Waals surface area (Å²) in [5.74, 6) is 0.881. The lowest BCUT2D eigenvalue weighted by Gasteiger charge is -2.41. The molecule has 2 aliphatic heterocycles. The number of nitrogens with one attached hydrogen (secondary N) is 2. The Bertz CT molecular complexity index is 1120. The molecule has 9 nitrogen and oxygen atoms in total. The van der Waals surface area contributed by atoms with Crippen LogP contribution in [0.4, 0.5) is 16.3 Å². The minimum atomic E-state index is -1.07. The van der Waals surface area contributed by atoms with Gasteiger partial charge in [0, 0.05) is 61.3 Å². The van der Waals surface area contributed by atoms with E-state index in [1.54, 1.807) is 23.6 Å². The SMILES string of the molecule is O=C(O)NN1CCN(c2ccccn2)CC1c1cccc2c1C=NC2Nc1ccncc1. The van der Waals surface area contributed by atoms with Crippen molar-refractivity contribution in [2.75, 3.05) is 29.9 Å². The molecule has 9 heteroatoms. The molecule has 0 radical (unpaired) electrons. The molecule has 1 amide bonds. The van der Waals surface area contributed by atoms with Crippen LogP contribution in [0.1, 0.15) is 28.9 Å². The number of fused-ring (bicyclic) bond motifs is 1. The number of carboxylic acid groups (broad SMARTS) is 1. The van der Waals surface area contributed by atoms with Gasteiger partial charge in [0.05, 0.1) is 6.04 Å². The Morgan fingerprint density at radius 2 is 1.84 bits per heavy atom. The molecule has 1 saturated heterocycles. The zero-order valence-corrected chi connectivity index (χ0v) is 17.3. The van der Waals surface area contributed by atoms with Crippen LogP contribution in [0.2, 0.25) is 0 Å². The number of hydrogen-bond acceptors (Lipinski definition) is 7. The smallest absolute Gasteiger partial charge is 0.419 e. The molecule has 1 aromatic carbocycles. The molecule has 2 aliphatic rings. The number of carbonyl (C=O) groups is 1. The molecule has 0 aliphatic carbocycles. The molecule has 2 unspecified atom stereocenters. The van der Waals surface area contributed by atoms with Crippen molar-refractivity contribution in [3.63, 3.8) is 0 Å². The number of amides is 1. The summed E-state index contributed by atoms with van der Waals surface area (Å²) in [5.41, 5.74) is 6.62. The van der Waals surface area contributed by atoms with Gasteiger partial charge in [0.1, 0.15) is 12.0 Å². The van der Waals surface area contributed by atoms with Gasteiger partial charge in [-0.25, -0.2) is 14.8 Å². The van der Waals surface area contributed by atoms with Crippen molar-refractivity contribution in [2.45, 2.75) is 12.2 Å². The molecule has 0 saturated carbocycles. The molecule has 0 spiro atoms. The molecule has 4 heterocycles. The van der Waals surface area contributed by atoms with Crippen LogP contribution in [-0.4, -0.2) is 52.0 Å². The number of nitrogens with zero attached hydrogens (tertiary/aromatic N) is 5. The highest BCUT2D eigenvalue weighted by Crippen LogP contribution is 2.35. The first-order chi connectivity index (χ1) is 15.7. The summed E-state index contributed by atoms with van der Waals surface area (Å²) in [4.78, 5) is 26.9. The van der Waals surface area contributed by atoms with Crippen molar-refractivity contribution in [3.05, 3.63) is 83.8 Å². The largest absolute Gasteiger partial charge is 0.464 e. The van der Waals surface area contributed by atoms with Gasteiger partial charge in [-0.15, -0.1) is 0 Å². The minimum Gasteiger partial charge on any atom is -0.464 e. The Balaban J connectivity index is 1.46. The van der Waals surface area contributed by atoms with Crippen molar-refractivity contribution < 1.29 is 9.90 Å². The van der Waals surface area contributed by atoms with Crippen LogP contribution in [0.5, 0.6) is 0 Å². The lowest BCUT2D eigenvalue weighted by molar-refractivity contribution is 0.0956. The van der Waals surface area contributed by atoms with Crippen molar-refractivity contribution >= 4 is 23.8 Å². The number of aromatic nitrogens is 2. The lowest BCUT2D eigenvalue weighted by Crippen LogP contribution is -2.55. The number of benzene rings is 1. The predicted octanol–water partition coefficient (Wildman–Crippen LogP) is 3.07. The van der Waals surface area contributed by atoms with E-state index < -0.39 is 6.09 Å². The number of rotatable bonds is 5. The van der Waals surface area contributed by atoms with Crippen LogP contribution in [-0.2, 0) is 0 Å². The minimum absolute atomic E-state index is 0.192. The first-order valence-electron chi connectivity index (χ1n) is 10.4. The molecular formula is C23H23N7O2. The Kier molecular flexibility index (Phi) is 5.39. The van der Waals surface area contributed by atoms with E-state index in [0.717, 1.165) is 28.2 Å². The normalized spacial score (nSPS) is 20.1. The van der Waals surface area contributed by atoms with E-state index in [9.17, 15) is 9.90 Å². The van der Waals surface area contributed by atoms with Crippen LogP contribution in [0.3, 0.4) is 0 Å². The van der Waals surface area contributed by atoms with Gasteiger partial charge in [0.15, 0.2) is 0 Å². The number of hydrazine groups is 1. The van der Waals surface area contributed by atoms with E-state index in [4.69, 9.17) is 0 Å². The zero-order valence-electron chi connectivity index (χ0n) is 17.3. The van der Waals surface area contributed by atoms with Gasteiger partial charge >= 0.3 is 6.09 Å². The fraction of sp³-hybridized carbons (Fsp3) is 0.217. The van der Waals surface area contributed by atoms with E-state index in [2.05, 4.69) is 36.7 Å². The second-order valence-electron chi connectivity index (χ2n) is 7.67. The first-order valence-corrected chi connectivity index (χ1v) is 10.4. The van der Waals surface area contributed by atoms with Crippen LogP contribution >= 0.6 is 0 Å². The van der Waals surface area contributed by atoms with Gasteiger partial charge in [0.25, 0.3) is 0 Å². The fourth-order valence-electron chi connectivity index (χ4n) is 4.28. The Morgan fingerprint density at radius 3 is 2.62 bits per heavy atom. The summed E-state index contributed by atoms with van der Waals surface area (Å²) >= 11 is 0. The number of piperazine rings is 1. The van der Waals surface area contributed by atoms with E-state index in [1.165, 1.54) is 0 Å². The summed E-state index contributed by atoms with van der Waals surface area (Å²) < 4.78 is 0. The van der Waals surface area contributed by atoms with E-state index in [-0.39, 0.29) is 12.2 Å². The maximum atomic E-state index is 11.5. The van der Waals surface area contributed by atoms with E-state index in [0.29, 0.717) is 19.6 Å². The van der Waals surface area contributed by atoms with Gasteiger partial charge in [-0.3, -0.25) is 15.4 Å². The molecule has 2 atom stereocenters. The summed E-state index contributed by atoms with van der Waals surface area (Å²) in [6, 6.07) is 15.5. The van der Waals surface area contributed by atoms with Gasteiger partial charge in [-0.2, -0.15) is 0 Å². The molecule has 2 aromatic heterocycles. The van der Waals surface area contributed by atoms with Crippen LogP contribution in [0.15, 0.2) is 72.1 Å². The summed E-state index contributed by atoms with van der Waals surface area (Å²) in [5, 5.41) is 14.6. The Morgan fingerprint density at radius 1 is 1.00 bits per heavy atom. The molecule has 32 heavy (non-hydrogen) atoms. The van der Waals surface area contributed by atoms with E-state index >= 15 is 0 Å². The Labute approximate surface area is 185 Å². The van der Waals surface area contributed by atoms with Crippen molar-refractivity contribution in [3.8, 4) is 0 Å². The predicted molar refractivity (Wildman–Crippen MR) is 122 cm³/mol. The fourth-order valence-corrected chi connectivity index (χ4v) is 4.28.